The summed E-state index contributed by atoms with van der Waals surface area (Å²) < 4.78 is 0. The van der Waals surface area contributed by atoms with Crippen molar-refractivity contribution in [3.63, 3.8) is 0 Å². The third-order valence-electron chi connectivity index (χ3n) is 7.15. The molecule has 0 unspecified atom stereocenters. The molecule has 40 heavy (non-hydrogen) atoms. The molecule has 0 saturated carbocycles. The lowest BCUT2D eigenvalue weighted by Gasteiger charge is -2.23. The van der Waals surface area contributed by atoms with Crippen molar-refractivity contribution in [3.05, 3.63) is 104 Å². The van der Waals surface area contributed by atoms with E-state index in [1.54, 1.807) is 24.3 Å². The molecule has 3 aromatic carbocycles. The Morgan fingerprint density at radius 2 is 0.900 bits per heavy atom. The second-order valence-corrected chi connectivity index (χ2v) is 10.3. The predicted molar refractivity (Wildman–Crippen MR) is 156 cm³/mol. The summed E-state index contributed by atoms with van der Waals surface area (Å²) in [6.45, 7) is 7.61. The summed E-state index contributed by atoms with van der Waals surface area (Å²) in [7, 11) is 0. The maximum absolute atomic E-state index is 13.6. The van der Waals surface area contributed by atoms with Crippen LogP contribution in [0.15, 0.2) is 82.1 Å². The van der Waals surface area contributed by atoms with Crippen LogP contribution in [-0.2, 0) is 19.2 Å². The number of carbonyl (C=O) groups is 4. The fourth-order valence-corrected chi connectivity index (χ4v) is 4.97. The molecule has 4 amide bonds. The maximum atomic E-state index is 13.6. The molecule has 0 radical (unpaired) electrons. The number of para-hydroxylation sites is 2. The van der Waals surface area contributed by atoms with Crippen molar-refractivity contribution in [3.8, 4) is 0 Å². The highest BCUT2D eigenvalue weighted by Crippen LogP contribution is 2.40. The number of nitrogens with one attached hydrogen (secondary N) is 2. The van der Waals surface area contributed by atoms with Crippen molar-refractivity contribution >= 4 is 69.6 Å². The van der Waals surface area contributed by atoms with Gasteiger partial charge in [-0.25, -0.2) is 9.80 Å². The normalized spacial score (nSPS) is 15.7. The van der Waals surface area contributed by atoms with E-state index < -0.39 is 23.6 Å². The van der Waals surface area contributed by atoms with Gasteiger partial charge in [-0.1, -0.05) is 59.6 Å². The molecule has 10 heteroatoms. The van der Waals surface area contributed by atoms with E-state index in [1.807, 2.05) is 52.0 Å². The van der Waals surface area contributed by atoms with Crippen molar-refractivity contribution in [2.45, 2.75) is 27.7 Å². The lowest BCUT2D eigenvalue weighted by Crippen LogP contribution is -2.37. The smallest absolute Gasteiger partial charge is 0.283 e. The van der Waals surface area contributed by atoms with Gasteiger partial charge in [-0.3, -0.25) is 19.2 Å². The highest BCUT2D eigenvalue weighted by molar-refractivity contribution is 6.55. The van der Waals surface area contributed by atoms with Gasteiger partial charge in [-0.15, -0.1) is 0 Å². The highest BCUT2D eigenvalue weighted by atomic mass is 35.5. The fraction of sp³-hybridized carbons (Fsp3) is 0.133. The number of aryl methyl sites for hydroxylation is 2. The molecule has 2 heterocycles. The molecule has 2 aliphatic heterocycles. The lowest BCUT2D eigenvalue weighted by atomic mass is 10.1. The van der Waals surface area contributed by atoms with Crippen LogP contribution in [0.25, 0.3) is 0 Å². The fourth-order valence-electron chi connectivity index (χ4n) is 4.54. The minimum absolute atomic E-state index is 0.00701. The molecule has 8 nitrogen and oxygen atoms in total. The third-order valence-corrected chi connectivity index (χ3v) is 7.85. The van der Waals surface area contributed by atoms with Crippen LogP contribution in [0.5, 0.6) is 0 Å². The van der Waals surface area contributed by atoms with Crippen LogP contribution in [0.1, 0.15) is 22.3 Å². The topological polar surface area (TPSA) is 98.8 Å². The molecule has 2 aliphatic rings. The molecular formula is C30H24Cl2N4O4. The van der Waals surface area contributed by atoms with Crippen LogP contribution in [0.3, 0.4) is 0 Å². The quantitative estimate of drug-likeness (QED) is 0.361. The lowest BCUT2D eigenvalue weighted by molar-refractivity contribution is -0.122. The zero-order chi connectivity index (χ0) is 28.9. The number of nitrogens with zero attached hydrogens (tertiary/aromatic N) is 2. The second-order valence-electron chi connectivity index (χ2n) is 9.50. The molecular weight excluding hydrogens is 551 g/mol. The minimum Gasteiger partial charge on any atom is -0.349 e. The summed E-state index contributed by atoms with van der Waals surface area (Å²) in [6.07, 6.45) is 0. The molecule has 3 aromatic rings. The first-order valence-electron chi connectivity index (χ1n) is 12.4. The van der Waals surface area contributed by atoms with Gasteiger partial charge in [0.2, 0.25) is 0 Å². The highest BCUT2D eigenvalue weighted by Gasteiger charge is 2.44. The number of hydrogen-bond acceptors (Lipinski definition) is 6. The molecule has 0 spiro atoms. The number of imide groups is 2. The van der Waals surface area contributed by atoms with Gasteiger partial charge in [-0.05, 0) is 74.2 Å². The van der Waals surface area contributed by atoms with Crippen LogP contribution < -0.4 is 20.4 Å². The van der Waals surface area contributed by atoms with Gasteiger partial charge in [0.05, 0.1) is 11.4 Å². The number of amides is 4. The minimum atomic E-state index is -0.793. The van der Waals surface area contributed by atoms with Crippen LogP contribution >= 0.6 is 23.2 Å². The second kappa shape index (κ2) is 10.3. The first kappa shape index (κ1) is 27.2. The van der Waals surface area contributed by atoms with Gasteiger partial charge >= 0.3 is 0 Å². The monoisotopic (exact) mass is 574 g/mol. The van der Waals surface area contributed by atoms with Crippen LogP contribution in [0.4, 0.5) is 22.7 Å². The Balaban J connectivity index is 1.49. The Labute approximate surface area is 240 Å². The van der Waals surface area contributed by atoms with E-state index in [4.69, 9.17) is 23.2 Å². The zero-order valence-electron chi connectivity index (χ0n) is 22.1. The van der Waals surface area contributed by atoms with E-state index in [1.165, 1.54) is 12.1 Å². The Bertz CT molecular complexity index is 1580. The van der Waals surface area contributed by atoms with E-state index in [-0.39, 0.29) is 32.8 Å². The number of rotatable bonds is 6. The van der Waals surface area contributed by atoms with E-state index in [0.717, 1.165) is 32.1 Å². The molecule has 0 bridgehead atoms. The summed E-state index contributed by atoms with van der Waals surface area (Å²) in [5, 5.41) is 5.35. The van der Waals surface area contributed by atoms with Gasteiger partial charge in [0.25, 0.3) is 23.6 Å². The van der Waals surface area contributed by atoms with Gasteiger partial charge in [-0.2, -0.15) is 0 Å². The zero-order valence-corrected chi connectivity index (χ0v) is 23.6. The Kier molecular flexibility index (Phi) is 6.99. The van der Waals surface area contributed by atoms with Gasteiger partial charge < -0.3 is 10.6 Å². The maximum Gasteiger partial charge on any atom is 0.283 e. The molecule has 0 aliphatic carbocycles. The SMILES string of the molecule is Cc1cccc(NC2=C(Cl)C(=O)N(c3ccccc3N3C(=O)C(Cl)=C(Nc4cccc(C)c4C)C3=O)C2=O)c1C. The van der Waals surface area contributed by atoms with Crippen molar-refractivity contribution in [1.82, 2.24) is 0 Å². The van der Waals surface area contributed by atoms with Gasteiger partial charge in [0.15, 0.2) is 0 Å². The largest absolute Gasteiger partial charge is 0.349 e. The van der Waals surface area contributed by atoms with Crippen molar-refractivity contribution in [1.29, 1.82) is 0 Å². The average molecular weight is 575 g/mol. The standard InChI is InChI=1S/C30H24Cl2N4O4/c1-15-9-7-11-19(17(15)3)33-25-23(31)27(37)35(29(25)39)21-13-5-6-14-22(21)36-28(38)24(32)26(30(36)40)34-20-12-8-10-16(2)18(20)4/h5-14,33-34H,1-4H3. The van der Waals surface area contributed by atoms with Crippen LogP contribution in [-0.4, -0.2) is 23.6 Å². The first-order chi connectivity index (χ1) is 19.0. The first-order valence-corrected chi connectivity index (χ1v) is 13.1. The molecule has 0 aromatic heterocycles. The number of benzene rings is 3. The van der Waals surface area contributed by atoms with Crippen molar-refractivity contribution in [2.24, 2.45) is 0 Å². The summed E-state index contributed by atoms with van der Waals surface area (Å²) in [5.41, 5.74) is 4.78. The molecule has 0 atom stereocenters. The molecule has 202 valence electrons. The summed E-state index contributed by atoms with van der Waals surface area (Å²) >= 11 is 12.7. The molecule has 5 rings (SSSR count). The van der Waals surface area contributed by atoms with Gasteiger partial charge in [0, 0.05) is 11.4 Å². The Morgan fingerprint density at radius 1 is 0.525 bits per heavy atom. The van der Waals surface area contributed by atoms with Crippen LogP contribution in [0.2, 0.25) is 0 Å². The summed E-state index contributed by atoms with van der Waals surface area (Å²) in [4.78, 5) is 55.4. The number of halogens is 2. The molecule has 2 N–H and O–H groups in total. The number of hydrogen-bond donors (Lipinski definition) is 2. The third kappa shape index (κ3) is 4.35. The Hall–Kier alpha value is -4.40. The predicted octanol–water partition coefficient (Wildman–Crippen LogP) is 5.79. The summed E-state index contributed by atoms with van der Waals surface area (Å²) in [5.74, 6) is -3.04. The average Bonchev–Trinajstić information content (AvgIpc) is 3.27. The van der Waals surface area contributed by atoms with E-state index in [0.29, 0.717) is 11.4 Å². The van der Waals surface area contributed by atoms with Gasteiger partial charge in [0.1, 0.15) is 21.5 Å². The van der Waals surface area contributed by atoms with Crippen molar-refractivity contribution in [2.75, 3.05) is 20.4 Å². The molecule has 0 saturated heterocycles. The number of carbonyl (C=O) groups excluding carboxylic acids is 4. The summed E-state index contributed by atoms with van der Waals surface area (Å²) in [6, 6.07) is 17.1. The molecule has 0 fully saturated rings. The van der Waals surface area contributed by atoms with E-state index in [9.17, 15) is 19.2 Å². The van der Waals surface area contributed by atoms with E-state index in [2.05, 4.69) is 10.6 Å². The van der Waals surface area contributed by atoms with E-state index >= 15 is 0 Å². The Morgan fingerprint density at radius 3 is 1.27 bits per heavy atom. The number of anilines is 4. The van der Waals surface area contributed by atoms with Crippen LogP contribution in [0, 0.1) is 27.7 Å². The van der Waals surface area contributed by atoms with Crippen molar-refractivity contribution < 1.29 is 19.2 Å².